The van der Waals surface area contributed by atoms with E-state index in [1.54, 1.807) is 11.3 Å². The molecule has 3 heteroatoms. The molecule has 1 aliphatic rings. The van der Waals surface area contributed by atoms with Gasteiger partial charge in [0.2, 0.25) is 0 Å². The highest BCUT2D eigenvalue weighted by Crippen LogP contribution is 2.29. The van der Waals surface area contributed by atoms with E-state index in [0.29, 0.717) is 19.1 Å². The fourth-order valence-corrected chi connectivity index (χ4v) is 1.81. The molecular formula is C10H12O2S. The van der Waals surface area contributed by atoms with E-state index < -0.39 is 0 Å². The molecule has 1 heterocycles. The van der Waals surface area contributed by atoms with Gasteiger partial charge in [0.1, 0.15) is 6.61 Å². The summed E-state index contributed by atoms with van der Waals surface area (Å²) in [4.78, 5) is 12.4. The van der Waals surface area contributed by atoms with E-state index >= 15 is 0 Å². The molecule has 0 aliphatic heterocycles. The average molecular weight is 196 g/mol. The second kappa shape index (κ2) is 4.03. The number of ether oxygens (including phenoxy) is 1. The molecule has 0 amide bonds. The molecule has 1 aliphatic carbocycles. The van der Waals surface area contributed by atoms with Crippen LogP contribution in [0.25, 0.3) is 0 Å². The van der Waals surface area contributed by atoms with E-state index in [4.69, 9.17) is 4.74 Å². The summed E-state index contributed by atoms with van der Waals surface area (Å²) in [5.41, 5.74) is 0. The molecular weight excluding hydrogens is 184 g/mol. The van der Waals surface area contributed by atoms with Crippen molar-refractivity contribution in [3.8, 4) is 0 Å². The second-order valence-electron chi connectivity index (χ2n) is 3.31. The van der Waals surface area contributed by atoms with Gasteiger partial charge < -0.3 is 4.74 Å². The molecule has 2 nitrogen and oxygen atoms in total. The van der Waals surface area contributed by atoms with Crippen LogP contribution in [-0.2, 0) is 16.1 Å². The van der Waals surface area contributed by atoms with Gasteiger partial charge in [0, 0.05) is 10.8 Å². The van der Waals surface area contributed by atoms with Crippen LogP contribution >= 0.6 is 11.3 Å². The summed E-state index contributed by atoms with van der Waals surface area (Å²) in [6.45, 7) is 0.874. The Bertz CT molecular complexity index is 275. The smallest absolute Gasteiger partial charge is 0.161 e. The predicted molar refractivity (Wildman–Crippen MR) is 51.7 cm³/mol. The molecule has 2 rings (SSSR count). The first-order valence-electron chi connectivity index (χ1n) is 4.49. The van der Waals surface area contributed by atoms with Gasteiger partial charge >= 0.3 is 0 Å². The van der Waals surface area contributed by atoms with Crippen molar-refractivity contribution >= 4 is 17.1 Å². The maximum Gasteiger partial charge on any atom is 0.161 e. The number of ketones is 1. The molecule has 0 unspecified atom stereocenters. The summed E-state index contributed by atoms with van der Waals surface area (Å²) in [6.07, 6.45) is 2.14. The monoisotopic (exact) mass is 196 g/mol. The minimum absolute atomic E-state index is 0.275. The normalized spacial score (nSPS) is 16.0. The maximum absolute atomic E-state index is 11.2. The highest BCUT2D eigenvalue weighted by atomic mass is 32.1. The Balaban J connectivity index is 1.66. The lowest BCUT2D eigenvalue weighted by Crippen LogP contribution is -2.09. The van der Waals surface area contributed by atoms with Crippen molar-refractivity contribution in [1.29, 1.82) is 0 Å². The molecule has 1 fully saturated rings. The van der Waals surface area contributed by atoms with Gasteiger partial charge in [0.15, 0.2) is 5.78 Å². The molecule has 0 atom stereocenters. The minimum atomic E-state index is 0.275. The first-order valence-corrected chi connectivity index (χ1v) is 5.37. The van der Waals surface area contributed by atoms with Gasteiger partial charge in [-0.05, 0) is 24.3 Å². The van der Waals surface area contributed by atoms with Gasteiger partial charge in [-0.3, -0.25) is 4.79 Å². The summed E-state index contributed by atoms with van der Waals surface area (Å²) in [5, 5.41) is 2.02. The van der Waals surface area contributed by atoms with Crippen LogP contribution in [0.4, 0.5) is 0 Å². The van der Waals surface area contributed by atoms with Crippen molar-refractivity contribution in [3.63, 3.8) is 0 Å². The number of hydrogen-bond acceptors (Lipinski definition) is 3. The lowest BCUT2D eigenvalue weighted by atomic mass is 10.3. The van der Waals surface area contributed by atoms with Crippen LogP contribution in [0, 0.1) is 5.92 Å². The third-order valence-electron chi connectivity index (χ3n) is 2.10. The molecule has 1 saturated carbocycles. The number of thiophene rings is 1. The lowest BCUT2D eigenvalue weighted by Gasteiger charge is -1.99. The third-order valence-corrected chi connectivity index (χ3v) is 2.95. The number of carbonyl (C=O) groups excluding carboxylic acids is 1. The molecule has 0 N–H and O–H groups in total. The molecule has 70 valence electrons. The topological polar surface area (TPSA) is 26.3 Å². The largest absolute Gasteiger partial charge is 0.368 e. The van der Waals surface area contributed by atoms with Gasteiger partial charge in [-0.1, -0.05) is 6.07 Å². The quantitative estimate of drug-likeness (QED) is 0.722. The van der Waals surface area contributed by atoms with Crippen molar-refractivity contribution in [1.82, 2.24) is 0 Å². The van der Waals surface area contributed by atoms with E-state index in [1.165, 1.54) is 4.88 Å². The number of rotatable bonds is 5. The summed E-state index contributed by atoms with van der Waals surface area (Å²) >= 11 is 1.66. The molecule has 0 radical (unpaired) electrons. The molecule has 0 saturated heterocycles. The van der Waals surface area contributed by atoms with Crippen LogP contribution in [0.3, 0.4) is 0 Å². The average Bonchev–Trinajstić information content (AvgIpc) is 2.86. The summed E-state index contributed by atoms with van der Waals surface area (Å²) in [7, 11) is 0. The van der Waals surface area contributed by atoms with Crippen molar-refractivity contribution in [2.45, 2.75) is 19.4 Å². The van der Waals surface area contributed by atoms with Gasteiger partial charge in [0.25, 0.3) is 0 Å². The van der Waals surface area contributed by atoms with E-state index in [-0.39, 0.29) is 5.78 Å². The highest BCUT2D eigenvalue weighted by Gasteiger charge is 2.29. The van der Waals surface area contributed by atoms with Crippen LogP contribution in [0.2, 0.25) is 0 Å². The zero-order valence-corrected chi connectivity index (χ0v) is 8.18. The van der Waals surface area contributed by atoms with Crippen LogP contribution in [0.5, 0.6) is 0 Å². The molecule has 13 heavy (non-hydrogen) atoms. The number of hydrogen-bond donors (Lipinski definition) is 0. The predicted octanol–water partition coefficient (Wildman–Crippen LogP) is 2.24. The fourth-order valence-electron chi connectivity index (χ4n) is 1.17. The zero-order valence-electron chi connectivity index (χ0n) is 7.36. The highest BCUT2D eigenvalue weighted by molar-refractivity contribution is 7.09. The Labute approximate surface area is 81.5 Å². The van der Waals surface area contributed by atoms with Crippen LogP contribution < -0.4 is 0 Å². The third kappa shape index (κ3) is 2.64. The van der Waals surface area contributed by atoms with E-state index in [9.17, 15) is 4.79 Å². The second-order valence-corrected chi connectivity index (χ2v) is 4.34. The van der Waals surface area contributed by atoms with Gasteiger partial charge in [-0.2, -0.15) is 0 Å². The van der Waals surface area contributed by atoms with Crippen molar-refractivity contribution in [2.75, 3.05) is 6.61 Å². The molecule has 0 aromatic carbocycles. The Kier molecular flexibility index (Phi) is 2.76. The van der Waals surface area contributed by atoms with E-state index in [1.807, 2.05) is 17.5 Å². The number of carbonyl (C=O) groups is 1. The van der Waals surface area contributed by atoms with Crippen LogP contribution in [0.1, 0.15) is 17.7 Å². The summed E-state index contributed by atoms with van der Waals surface area (Å²) in [5.74, 6) is 0.597. The Morgan fingerprint density at radius 3 is 3.08 bits per heavy atom. The maximum atomic E-state index is 11.2. The van der Waals surface area contributed by atoms with E-state index in [0.717, 1.165) is 12.8 Å². The van der Waals surface area contributed by atoms with Crippen LogP contribution in [-0.4, -0.2) is 12.4 Å². The molecule has 1 aromatic heterocycles. The van der Waals surface area contributed by atoms with Gasteiger partial charge in [0.05, 0.1) is 6.61 Å². The van der Waals surface area contributed by atoms with Crippen LogP contribution in [0.15, 0.2) is 17.5 Å². The first-order chi connectivity index (χ1) is 6.36. The van der Waals surface area contributed by atoms with Crippen molar-refractivity contribution in [3.05, 3.63) is 22.4 Å². The van der Waals surface area contributed by atoms with E-state index in [2.05, 4.69) is 0 Å². The molecule has 1 aromatic rings. The van der Waals surface area contributed by atoms with Gasteiger partial charge in [-0.15, -0.1) is 11.3 Å². The Morgan fingerprint density at radius 1 is 1.62 bits per heavy atom. The zero-order chi connectivity index (χ0) is 9.10. The first kappa shape index (κ1) is 8.91. The number of Topliss-reactive ketones (excluding diaryl/α,β-unsaturated/α-hetero) is 1. The molecule has 0 spiro atoms. The van der Waals surface area contributed by atoms with Crippen molar-refractivity contribution < 1.29 is 9.53 Å². The molecule has 0 bridgehead atoms. The Morgan fingerprint density at radius 2 is 2.46 bits per heavy atom. The summed E-state index contributed by atoms with van der Waals surface area (Å²) < 4.78 is 5.30. The van der Waals surface area contributed by atoms with Crippen molar-refractivity contribution in [2.24, 2.45) is 5.92 Å². The lowest BCUT2D eigenvalue weighted by molar-refractivity contribution is -0.125. The summed E-state index contributed by atoms with van der Waals surface area (Å²) in [6, 6.07) is 4.01. The SMILES string of the molecule is O=C(COCc1cccs1)C1CC1. The van der Waals surface area contributed by atoms with Gasteiger partial charge in [-0.25, -0.2) is 0 Å². The fraction of sp³-hybridized carbons (Fsp3) is 0.500. The Hall–Kier alpha value is -0.670. The minimum Gasteiger partial charge on any atom is -0.368 e. The standard InChI is InChI=1S/C10H12O2S/c11-10(8-3-4-8)7-12-6-9-2-1-5-13-9/h1-2,5,8H,3-4,6-7H2.